The topological polar surface area (TPSA) is 35.5 Å². The predicted octanol–water partition coefficient (Wildman–Crippen LogP) is 3.65. The van der Waals surface area contributed by atoms with Gasteiger partial charge in [0.15, 0.2) is 0 Å². The van der Waals surface area contributed by atoms with Gasteiger partial charge in [-0.25, -0.2) is 0 Å². The minimum atomic E-state index is -0.152. The summed E-state index contributed by atoms with van der Waals surface area (Å²) >= 11 is 7.25. The third-order valence-corrected chi connectivity index (χ3v) is 3.59. The summed E-state index contributed by atoms with van der Waals surface area (Å²) < 4.78 is 10.3. The number of rotatable bonds is 4. The van der Waals surface area contributed by atoms with Crippen LogP contribution in [0.3, 0.4) is 0 Å². The van der Waals surface area contributed by atoms with Crippen LogP contribution < -0.4 is 9.47 Å². The van der Waals surface area contributed by atoms with Gasteiger partial charge in [0.2, 0.25) is 5.78 Å². The highest BCUT2D eigenvalue weighted by atomic mass is 35.5. The SMILES string of the molecule is COc1ccc(Cl)cc1C(=O)c1sccc1OC. The largest absolute Gasteiger partial charge is 0.496 e. The number of carbonyl (C=O) groups is 1. The number of benzene rings is 1. The van der Waals surface area contributed by atoms with Crippen LogP contribution in [0.2, 0.25) is 5.02 Å². The van der Waals surface area contributed by atoms with Crippen LogP contribution in [0.4, 0.5) is 0 Å². The monoisotopic (exact) mass is 282 g/mol. The molecule has 0 spiro atoms. The molecule has 0 N–H and O–H groups in total. The van der Waals surface area contributed by atoms with Crippen LogP contribution in [-0.4, -0.2) is 20.0 Å². The molecule has 0 saturated heterocycles. The Hall–Kier alpha value is -1.52. The normalized spacial score (nSPS) is 10.2. The fourth-order valence-corrected chi connectivity index (χ4v) is 2.59. The lowest BCUT2D eigenvalue weighted by Crippen LogP contribution is -2.03. The maximum absolute atomic E-state index is 12.4. The fourth-order valence-electron chi connectivity index (χ4n) is 1.60. The van der Waals surface area contributed by atoms with E-state index in [9.17, 15) is 4.79 Å². The van der Waals surface area contributed by atoms with Crippen LogP contribution >= 0.6 is 22.9 Å². The number of hydrogen-bond acceptors (Lipinski definition) is 4. The molecule has 18 heavy (non-hydrogen) atoms. The maximum atomic E-state index is 12.4. The van der Waals surface area contributed by atoms with E-state index in [1.807, 2.05) is 5.38 Å². The second-order valence-corrected chi connectivity index (χ2v) is 4.84. The molecule has 94 valence electrons. The molecule has 3 nitrogen and oxygen atoms in total. The Kier molecular flexibility index (Phi) is 3.89. The van der Waals surface area contributed by atoms with Crippen molar-refractivity contribution in [1.29, 1.82) is 0 Å². The van der Waals surface area contributed by atoms with Crippen molar-refractivity contribution in [3.8, 4) is 11.5 Å². The molecule has 0 radical (unpaired) electrons. The zero-order chi connectivity index (χ0) is 13.1. The van der Waals surface area contributed by atoms with Gasteiger partial charge in [0, 0.05) is 5.02 Å². The predicted molar refractivity (Wildman–Crippen MR) is 72.3 cm³/mol. The first-order valence-corrected chi connectivity index (χ1v) is 6.43. The second-order valence-electron chi connectivity index (χ2n) is 3.49. The number of hydrogen-bond donors (Lipinski definition) is 0. The van der Waals surface area contributed by atoms with Gasteiger partial charge >= 0.3 is 0 Å². The maximum Gasteiger partial charge on any atom is 0.210 e. The van der Waals surface area contributed by atoms with Crippen molar-refractivity contribution in [2.24, 2.45) is 0 Å². The van der Waals surface area contributed by atoms with E-state index in [2.05, 4.69) is 0 Å². The minimum absolute atomic E-state index is 0.152. The van der Waals surface area contributed by atoms with Crippen molar-refractivity contribution in [1.82, 2.24) is 0 Å². The average molecular weight is 283 g/mol. The van der Waals surface area contributed by atoms with Crippen molar-refractivity contribution >= 4 is 28.7 Å². The highest BCUT2D eigenvalue weighted by molar-refractivity contribution is 7.12. The summed E-state index contributed by atoms with van der Waals surface area (Å²) in [5.41, 5.74) is 0.436. The Bertz CT molecular complexity index is 577. The van der Waals surface area contributed by atoms with Gasteiger partial charge in [-0.3, -0.25) is 4.79 Å². The standard InChI is InChI=1S/C13H11ClO3S/c1-16-10-4-3-8(14)7-9(10)12(15)13-11(17-2)5-6-18-13/h3-7H,1-2H3. The van der Waals surface area contributed by atoms with E-state index in [1.54, 1.807) is 24.3 Å². The first-order chi connectivity index (χ1) is 8.67. The van der Waals surface area contributed by atoms with Crippen LogP contribution in [-0.2, 0) is 0 Å². The smallest absolute Gasteiger partial charge is 0.210 e. The number of halogens is 1. The quantitative estimate of drug-likeness (QED) is 0.803. The molecule has 0 saturated carbocycles. The lowest BCUT2D eigenvalue weighted by molar-refractivity contribution is 0.103. The summed E-state index contributed by atoms with van der Waals surface area (Å²) in [5.74, 6) is 0.910. The molecule has 0 atom stereocenters. The third-order valence-electron chi connectivity index (χ3n) is 2.46. The Morgan fingerprint density at radius 3 is 2.56 bits per heavy atom. The highest BCUT2D eigenvalue weighted by Crippen LogP contribution is 2.31. The molecule has 0 amide bonds. The summed E-state index contributed by atoms with van der Waals surface area (Å²) in [4.78, 5) is 13.0. The minimum Gasteiger partial charge on any atom is -0.496 e. The summed E-state index contributed by atoms with van der Waals surface area (Å²) in [6.45, 7) is 0. The lowest BCUT2D eigenvalue weighted by atomic mass is 10.1. The fraction of sp³-hybridized carbons (Fsp3) is 0.154. The molecule has 1 aromatic carbocycles. The average Bonchev–Trinajstić information content (AvgIpc) is 2.86. The molecule has 0 bridgehead atoms. The van der Waals surface area contributed by atoms with Gasteiger partial charge in [-0.2, -0.15) is 0 Å². The third kappa shape index (κ3) is 2.35. The van der Waals surface area contributed by atoms with Crippen LogP contribution in [0.15, 0.2) is 29.6 Å². The number of thiophene rings is 1. The molecule has 0 fully saturated rings. The zero-order valence-electron chi connectivity index (χ0n) is 9.90. The van der Waals surface area contributed by atoms with E-state index in [-0.39, 0.29) is 5.78 Å². The van der Waals surface area contributed by atoms with Crippen LogP contribution in [0.1, 0.15) is 15.2 Å². The van der Waals surface area contributed by atoms with E-state index in [0.29, 0.717) is 27.0 Å². The van der Waals surface area contributed by atoms with Crippen molar-refractivity contribution < 1.29 is 14.3 Å². The Labute approximate surface area is 114 Å². The van der Waals surface area contributed by atoms with E-state index < -0.39 is 0 Å². The van der Waals surface area contributed by atoms with Crippen molar-refractivity contribution in [3.63, 3.8) is 0 Å². The number of carbonyl (C=O) groups excluding carboxylic acids is 1. The van der Waals surface area contributed by atoms with Gasteiger partial charge in [-0.05, 0) is 29.6 Å². The van der Waals surface area contributed by atoms with Crippen LogP contribution in [0.5, 0.6) is 11.5 Å². The number of ketones is 1. The Balaban J connectivity index is 2.48. The molecule has 2 aromatic rings. The van der Waals surface area contributed by atoms with Gasteiger partial charge in [0.05, 0.1) is 19.8 Å². The van der Waals surface area contributed by atoms with Crippen LogP contribution in [0, 0.1) is 0 Å². The zero-order valence-corrected chi connectivity index (χ0v) is 11.5. The molecular weight excluding hydrogens is 272 g/mol. The van der Waals surface area contributed by atoms with E-state index in [4.69, 9.17) is 21.1 Å². The molecule has 0 aliphatic rings. The molecule has 0 unspecified atom stereocenters. The number of methoxy groups -OCH3 is 2. The molecule has 5 heteroatoms. The molecule has 2 rings (SSSR count). The van der Waals surface area contributed by atoms with Gasteiger partial charge in [-0.1, -0.05) is 11.6 Å². The summed E-state index contributed by atoms with van der Waals surface area (Å²) in [5, 5.41) is 2.30. The molecule has 0 aliphatic carbocycles. The van der Waals surface area contributed by atoms with Crippen molar-refractivity contribution in [2.45, 2.75) is 0 Å². The Morgan fingerprint density at radius 2 is 1.89 bits per heavy atom. The lowest BCUT2D eigenvalue weighted by Gasteiger charge is -2.08. The molecule has 1 heterocycles. The van der Waals surface area contributed by atoms with Crippen LogP contribution in [0.25, 0.3) is 0 Å². The molecular formula is C13H11ClO3S. The van der Waals surface area contributed by atoms with Gasteiger partial charge in [-0.15, -0.1) is 11.3 Å². The van der Waals surface area contributed by atoms with Gasteiger partial charge < -0.3 is 9.47 Å². The molecule has 0 aliphatic heterocycles. The second kappa shape index (κ2) is 5.42. The van der Waals surface area contributed by atoms with E-state index >= 15 is 0 Å². The Morgan fingerprint density at radius 1 is 1.17 bits per heavy atom. The highest BCUT2D eigenvalue weighted by Gasteiger charge is 2.20. The van der Waals surface area contributed by atoms with Crippen molar-refractivity contribution in [2.75, 3.05) is 14.2 Å². The number of ether oxygens (including phenoxy) is 2. The van der Waals surface area contributed by atoms with Gasteiger partial charge in [0.1, 0.15) is 16.4 Å². The molecule has 1 aromatic heterocycles. The van der Waals surface area contributed by atoms with E-state index in [1.165, 1.54) is 25.6 Å². The summed E-state index contributed by atoms with van der Waals surface area (Å²) in [7, 11) is 3.06. The first-order valence-electron chi connectivity index (χ1n) is 5.17. The van der Waals surface area contributed by atoms with Gasteiger partial charge in [0.25, 0.3) is 0 Å². The first kappa shape index (κ1) is 12.9. The van der Waals surface area contributed by atoms with E-state index in [0.717, 1.165) is 0 Å². The summed E-state index contributed by atoms with van der Waals surface area (Å²) in [6.07, 6.45) is 0. The summed E-state index contributed by atoms with van der Waals surface area (Å²) in [6, 6.07) is 6.72. The van der Waals surface area contributed by atoms with Crippen molar-refractivity contribution in [3.05, 3.63) is 45.1 Å².